The van der Waals surface area contributed by atoms with Gasteiger partial charge in [0, 0.05) is 18.4 Å². The van der Waals surface area contributed by atoms with Crippen LogP contribution in [0.25, 0.3) is 0 Å². The van der Waals surface area contributed by atoms with Crippen molar-refractivity contribution in [2.75, 3.05) is 0 Å². The van der Waals surface area contributed by atoms with E-state index >= 15 is 0 Å². The molecule has 0 heterocycles. The van der Waals surface area contributed by atoms with E-state index in [4.69, 9.17) is 28.9 Å². The van der Waals surface area contributed by atoms with Crippen LogP contribution in [0.15, 0.2) is 18.2 Å². The molecule has 0 bridgehead atoms. The zero-order chi connectivity index (χ0) is 13.8. The molecular formula is C15H19Cl2NO. The van der Waals surface area contributed by atoms with Crippen LogP contribution in [-0.2, 0) is 11.2 Å². The number of carbonyl (C=O) groups is 1. The maximum atomic E-state index is 12.4. The number of carbonyl (C=O) groups excluding carboxylic acids is 1. The van der Waals surface area contributed by atoms with E-state index < -0.39 is 0 Å². The summed E-state index contributed by atoms with van der Waals surface area (Å²) in [5, 5.41) is 0.983. The van der Waals surface area contributed by atoms with Crippen LogP contribution in [0.4, 0.5) is 0 Å². The molecule has 1 aliphatic carbocycles. The minimum atomic E-state index is -0.0300. The van der Waals surface area contributed by atoms with Gasteiger partial charge in [0.15, 0.2) is 0 Å². The molecule has 0 spiro atoms. The molecule has 2 atom stereocenters. The molecule has 0 aromatic heterocycles. The molecule has 0 radical (unpaired) electrons. The summed E-state index contributed by atoms with van der Waals surface area (Å²) >= 11 is 12.1. The van der Waals surface area contributed by atoms with E-state index in [1.165, 1.54) is 6.42 Å². The van der Waals surface area contributed by atoms with Crippen molar-refractivity contribution in [2.24, 2.45) is 11.7 Å². The Morgan fingerprint density at radius 1 is 1.21 bits per heavy atom. The highest BCUT2D eigenvalue weighted by atomic mass is 35.5. The Morgan fingerprint density at radius 2 is 1.95 bits per heavy atom. The van der Waals surface area contributed by atoms with E-state index in [-0.39, 0.29) is 17.7 Å². The number of rotatable bonds is 3. The zero-order valence-corrected chi connectivity index (χ0v) is 12.4. The summed E-state index contributed by atoms with van der Waals surface area (Å²) in [6, 6.07) is 5.40. The highest BCUT2D eigenvalue weighted by Gasteiger charge is 2.27. The molecule has 0 amide bonds. The molecular weight excluding hydrogens is 281 g/mol. The number of Topliss-reactive ketones (excluding diaryl/α,β-unsaturated/α-hetero) is 1. The average Bonchev–Trinajstić information content (AvgIpc) is 2.59. The third-order valence-corrected chi connectivity index (χ3v) is 4.74. The highest BCUT2D eigenvalue weighted by molar-refractivity contribution is 6.42. The average molecular weight is 300 g/mol. The van der Waals surface area contributed by atoms with E-state index in [9.17, 15) is 4.79 Å². The minimum Gasteiger partial charge on any atom is -0.327 e. The van der Waals surface area contributed by atoms with Gasteiger partial charge in [0.1, 0.15) is 5.78 Å². The molecule has 1 saturated carbocycles. The molecule has 4 heteroatoms. The Hall–Kier alpha value is -0.570. The van der Waals surface area contributed by atoms with Crippen molar-refractivity contribution in [3.63, 3.8) is 0 Å². The largest absolute Gasteiger partial charge is 0.327 e. The van der Waals surface area contributed by atoms with E-state index in [2.05, 4.69) is 0 Å². The Labute approximate surface area is 124 Å². The maximum absolute atomic E-state index is 12.4. The fraction of sp³-hybridized carbons (Fsp3) is 0.533. The van der Waals surface area contributed by atoms with Crippen molar-refractivity contribution >= 4 is 29.0 Å². The maximum Gasteiger partial charge on any atom is 0.141 e. The normalized spacial score (nSPS) is 23.9. The van der Waals surface area contributed by atoms with Crippen molar-refractivity contribution in [1.29, 1.82) is 0 Å². The van der Waals surface area contributed by atoms with Gasteiger partial charge in [0.2, 0.25) is 0 Å². The first-order valence-corrected chi connectivity index (χ1v) is 7.56. The van der Waals surface area contributed by atoms with Gasteiger partial charge in [-0.05, 0) is 24.5 Å². The second-order valence-corrected chi connectivity index (χ2v) is 6.05. The number of ketones is 1. The lowest BCUT2D eigenvalue weighted by molar-refractivity contribution is -0.123. The Balaban J connectivity index is 2.09. The predicted octanol–water partition coefficient (Wildman–Crippen LogP) is 4.01. The van der Waals surface area contributed by atoms with Gasteiger partial charge in [-0.25, -0.2) is 0 Å². The van der Waals surface area contributed by atoms with Crippen LogP contribution in [-0.4, -0.2) is 11.8 Å². The van der Waals surface area contributed by atoms with Crippen molar-refractivity contribution in [2.45, 2.75) is 44.6 Å². The van der Waals surface area contributed by atoms with Crippen LogP contribution >= 0.6 is 23.2 Å². The van der Waals surface area contributed by atoms with Crippen LogP contribution in [0.5, 0.6) is 0 Å². The molecule has 1 aliphatic rings. The van der Waals surface area contributed by atoms with Crippen molar-refractivity contribution in [1.82, 2.24) is 0 Å². The lowest BCUT2D eigenvalue weighted by atomic mass is 9.88. The quantitative estimate of drug-likeness (QED) is 0.857. The molecule has 1 aromatic carbocycles. The summed E-state index contributed by atoms with van der Waals surface area (Å²) in [6.45, 7) is 0. The second-order valence-electron chi connectivity index (χ2n) is 5.26. The Bertz CT molecular complexity index is 461. The van der Waals surface area contributed by atoms with Gasteiger partial charge in [0.25, 0.3) is 0 Å². The lowest BCUT2D eigenvalue weighted by Gasteiger charge is -2.20. The van der Waals surface area contributed by atoms with Gasteiger partial charge in [-0.1, -0.05) is 54.6 Å². The first-order valence-electron chi connectivity index (χ1n) is 6.81. The SMILES string of the molecule is NC1CCCCCC1C(=O)Cc1cccc(Cl)c1Cl. The molecule has 1 fully saturated rings. The Morgan fingerprint density at radius 3 is 2.74 bits per heavy atom. The summed E-state index contributed by atoms with van der Waals surface area (Å²) in [5.41, 5.74) is 6.92. The number of nitrogens with two attached hydrogens (primary N) is 1. The van der Waals surface area contributed by atoms with Crippen molar-refractivity contribution in [3.8, 4) is 0 Å². The van der Waals surface area contributed by atoms with Crippen LogP contribution in [0.3, 0.4) is 0 Å². The fourth-order valence-corrected chi connectivity index (χ4v) is 3.13. The van der Waals surface area contributed by atoms with Gasteiger partial charge in [-0.15, -0.1) is 0 Å². The van der Waals surface area contributed by atoms with Crippen molar-refractivity contribution in [3.05, 3.63) is 33.8 Å². The van der Waals surface area contributed by atoms with Crippen LogP contribution in [0.2, 0.25) is 10.0 Å². The van der Waals surface area contributed by atoms with Gasteiger partial charge in [-0.2, -0.15) is 0 Å². The predicted molar refractivity (Wildman–Crippen MR) is 79.7 cm³/mol. The van der Waals surface area contributed by atoms with E-state index in [0.29, 0.717) is 16.5 Å². The number of hydrogen-bond donors (Lipinski definition) is 1. The number of benzene rings is 1. The van der Waals surface area contributed by atoms with Gasteiger partial charge in [-0.3, -0.25) is 4.79 Å². The third-order valence-electron chi connectivity index (χ3n) is 3.88. The molecule has 0 saturated heterocycles. The first kappa shape index (κ1) is 14.8. The summed E-state index contributed by atoms with van der Waals surface area (Å²) < 4.78 is 0. The van der Waals surface area contributed by atoms with E-state index in [0.717, 1.165) is 31.2 Å². The second kappa shape index (κ2) is 6.74. The standard InChI is InChI=1S/C15H19Cl2NO/c16-12-7-4-5-10(15(12)17)9-14(19)11-6-2-1-3-8-13(11)18/h4-5,7,11,13H,1-3,6,8-9,18H2. The molecule has 2 rings (SSSR count). The van der Waals surface area contributed by atoms with E-state index in [1.54, 1.807) is 6.07 Å². The van der Waals surface area contributed by atoms with Crippen LogP contribution in [0, 0.1) is 5.92 Å². The Kier molecular flexibility index (Phi) is 5.26. The van der Waals surface area contributed by atoms with Crippen molar-refractivity contribution < 1.29 is 4.79 Å². The van der Waals surface area contributed by atoms with Gasteiger partial charge < -0.3 is 5.73 Å². The molecule has 1 aromatic rings. The lowest BCUT2D eigenvalue weighted by Crippen LogP contribution is -2.35. The van der Waals surface area contributed by atoms with Crippen LogP contribution < -0.4 is 5.73 Å². The molecule has 2 N–H and O–H groups in total. The van der Waals surface area contributed by atoms with Gasteiger partial charge in [0.05, 0.1) is 10.0 Å². The number of hydrogen-bond acceptors (Lipinski definition) is 2. The third kappa shape index (κ3) is 3.71. The molecule has 0 aliphatic heterocycles. The summed E-state index contributed by atoms with van der Waals surface area (Å²) in [4.78, 5) is 12.4. The summed E-state index contributed by atoms with van der Waals surface area (Å²) in [6.07, 6.45) is 5.57. The minimum absolute atomic E-state index is 0.00652. The number of halogens is 2. The van der Waals surface area contributed by atoms with Crippen LogP contribution in [0.1, 0.15) is 37.7 Å². The van der Waals surface area contributed by atoms with Gasteiger partial charge >= 0.3 is 0 Å². The van der Waals surface area contributed by atoms with E-state index in [1.807, 2.05) is 12.1 Å². The highest BCUT2D eigenvalue weighted by Crippen LogP contribution is 2.29. The monoisotopic (exact) mass is 299 g/mol. The molecule has 2 unspecified atom stereocenters. The smallest absolute Gasteiger partial charge is 0.141 e. The molecule has 2 nitrogen and oxygen atoms in total. The molecule has 104 valence electrons. The zero-order valence-electron chi connectivity index (χ0n) is 10.9. The molecule has 19 heavy (non-hydrogen) atoms. The topological polar surface area (TPSA) is 43.1 Å². The first-order chi connectivity index (χ1) is 9.09. The summed E-state index contributed by atoms with van der Waals surface area (Å²) in [5.74, 6) is 0.163. The summed E-state index contributed by atoms with van der Waals surface area (Å²) in [7, 11) is 0. The fourth-order valence-electron chi connectivity index (χ4n) is 2.74.